The van der Waals surface area contributed by atoms with Crippen LogP contribution in [0.2, 0.25) is 0 Å². The Hall–Kier alpha value is -5.16. The number of anilines is 1. The molecule has 0 saturated heterocycles. The highest BCUT2D eigenvalue weighted by molar-refractivity contribution is 7.10. The first kappa shape index (κ1) is 28.4. The number of ether oxygens (including phenoxy) is 2. The third-order valence-electron chi connectivity index (χ3n) is 6.34. The lowest BCUT2D eigenvalue weighted by Gasteiger charge is -2.15. The number of rotatable bonds is 8. The summed E-state index contributed by atoms with van der Waals surface area (Å²) in [6.45, 7) is 3.55. The quantitative estimate of drug-likeness (QED) is 0.188. The molecular formula is C31H23F2N3O5S. The monoisotopic (exact) mass is 587 g/mol. The second-order valence-electron chi connectivity index (χ2n) is 9.18. The van der Waals surface area contributed by atoms with E-state index >= 15 is 0 Å². The van der Waals surface area contributed by atoms with Gasteiger partial charge in [-0.15, -0.1) is 0 Å². The van der Waals surface area contributed by atoms with E-state index in [9.17, 15) is 23.5 Å². The Labute approximate surface area is 243 Å². The third-order valence-corrected chi connectivity index (χ3v) is 7.33. The van der Waals surface area contributed by atoms with E-state index in [2.05, 4.69) is 14.7 Å². The number of nitrogens with zero attached hydrogens (tertiary/aromatic N) is 2. The number of benzene rings is 3. The molecule has 0 aliphatic carbocycles. The summed E-state index contributed by atoms with van der Waals surface area (Å²) in [6.07, 6.45) is 1.21. The van der Waals surface area contributed by atoms with Gasteiger partial charge in [0.15, 0.2) is 17.4 Å². The molecule has 212 valence electrons. The Morgan fingerprint density at radius 1 is 0.952 bits per heavy atom. The van der Waals surface area contributed by atoms with Crippen molar-refractivity contribution in [3.63, 3.8) is 0 Å². The van der Waals surface area contributed by atoms with Gasteiger partial charge in [-0.3, -0.25) is 10.3 Å². The van der Waals surface area contributed by atoms with Crippen LogP contribution in [0.1, 0.15) is 34.6 Å². The number of aryl methyl sites for hydroxylation is 1. The number of hydrogen-bond acceptors (Lipinski definition) is 7. The van der Waals surface area contributed by atoms with Gasteiger partial charge < -0.3 is 14.6 Å². The van der Waals surface area contributed by atoms with E-state index in [0.717, 1.165) is 29.5 Å². The van der Waals surface area contributed by atoms with Gasteiger partial charge in [0.2, 0.25) is 0 Å². The number of nitrogens with one attached hydrogen (secondary N) is 1. The van der Waals surface area contributed by atoms with Crippen molar-refractivity contribution >= 4 is 29.3 Å². The predicted molar refractivity (Wildman–Crippen MR) is 154 cm³/mol. The van der Waals surface area contributed by atoms with Gasteiger partial charge in [0.25, 0.3) is 0 Å². The fraction of sp³-hybridized carbons (Fsp3) is 0.0968. The summed E-state index contributed by atoms with van der Waals surface area (Å²) < 4.78 is 45.1. The number of aromatic carboxylic acids is 1. The van der Waals surface area contributed by atoms with Crippen LogP contribution in [-0.2, 0) is 4.74 Å². The number of pyridine rings is 1. The number of hydrogen-bond donors (Lipinski definition) is 2. The largest absolute Gasteiger partial charge is 0.477 e. The Bertz CT molecular complexity index is 1740. The van der Waals surface area contributed by atoms with Crippen molar-refractivity contribution in [2.45, 2.75) is 20.0 Å². The summed E-state index contributed by atoms with van der Waals surface area (Å²) in [5, 5.41) is 12.1. The lowest BCUT2D eigenvalue weighted by atomic mass is 10.0. The fourth-order valence-electron chi connectivity index (χ4n) is 4.18. The van der Waals surface area contributed by atoms with Crippen LogP contribution in [0.5, 0.6) is 11.5 Å². The molecule has 0 saturated carbocycles. The minimum absolute atomic E-state index is 0.241. The van der Waals surface area contributed by atoms with E-state index in [1.54, 1.807) is 38.1 Å². The zero-order valence-corrected chi connectivity index (χ0v) is 23.1. The van der Waals surface area contributed by atoms with Crippen molar-refractivity contribution in [2.24, 2.45) is 0 Å². The molecule has 42 heavy (non-hydrogen) atoms. The minimum Gasteiger partial charge on any atom is -0.477 e. The average molecular weight is 588 g/mol. The second kappa shape index (κ2) is 12.1. The summed E-state index contributed by atoms with van der Waals surface area (Å²) in [6, 6.07) is 19.6. The molecule has 0 aliphatic rings. The summed E-state index contributed by atoms with van der Waals surface area (Å²) in [7, 11) is 0. The van der Waals surface area contributed by atoms with Gasteiger partial charge in [-0.1, -0.05) is 54.6 Å². The zero-order chi connectivity index (χ0) is 29.8. The maximum absolute atomic E-state index is 14.9. The number of carboxylic acid groups (broad SMARTS) is 1. The van der Waals surface area contributed by atoms with Crippen LogP contribution in [-0.4, -0.2) is 26.5 Å². The molecule has 2 heterocycles. The van der Waals surface area contributed by atoms with Crippen LogP contribution in [0.4, 0.5) is 19.3 Å². The zero-order valence-electron chi connectivity index (χ0n) is 22.3. The second-order valence-corrected chi connectivity index (χ2v) is 9.95. The van der Waals surface area contributed by atoms with Crippen LogP contribution in [0, 0.1) is 18.6 Å². The van der Waals surface area contributed by atoms with Gasteiger partial charge in [-0.05, 0) is 59.8 Å². The normalized spacial score (nSPS) is 11.5. The van der Waals surface area contributed by atoms with E-state index in [1.165, 1.54) is 23.8 Å². The molecule has 0 bridgehead atoms. The number of carbonyl (C=O) groups excluding carboxylic acids is 1. The minimum atomic E-state index is -1.34. The van der Waals surface area contributed by atoms with Gasteiger partial charge in [0.1, 0.15) is 17.4 Å². The first-order valence-corrected chi connectivity index (χ1v) is 13.4. The van der Waals surface area contributed by atoms with Crippen molar-refractivity contribution in [3.05, 3.63) is 114 Å². The number of halogens is 2. The molecule has 1 amide bonds. The Kier molecular flexibility index (Phi) is 8.21. The molecule has 1 atom stereocenters. The Morgan fingerprint density at radius 3 is 2.29 bits per heavy atom. The molecule has 0 fully saturated rings. The van der Waals surface area contributed by atoms with Crippen molar-refractivity contribution in [1.82, 2.24) is 9.36 Å². The Morgan fingerprint density at radius 2 is 1.62 bits per heavy atom. The average Bonchev–Trinajstić information content (AvgIpc) is 3.34. The smallest absolute Gasteiger partial charge is 0.412 e. The summed E-state index contributed by atoms with van der Waals surface area (Å²) in [5.74, 6) is -4.32. The van der Waals surface area contributed by atoms with E-state index < -0.39 is 35.6 Å². The molecule has 0 spiro atoms. The van der Waals surface area contributed by atoms with Crippen molar-refractivity contribution < 1.29 is 33.0 Å². The van der Waals surface area contributed by atoms with Gasteiger partial charge in [-0.25, -0.2) is 18.4 Å². The molecule has 1 unspecified atom stereocenters. The lowest BCUT2D eigenvalue weighted by molar-refractivity contribution is 0.0693. The topological polar surface area (TPSA) is 111 Å². The maximum Gasteiger partial charge on any atom is 0.412 e. The molecule has 2 aromatic heterocycles. The van der Waals surface area contributed by atoms with E-state index in [-0.39, 0.29) is 16.9 Å². The van der Waals surface area contributed by atoms with Crippen LogP contribution in [0.3, 0.4) is 0 Å². The molecule has 8 nitrogen and oxygen atoms in total. The predicted octanol–water partition coefficient (Wildman–Crippen LogP) is 8.26. The highest BCUT2D eigenvalue weighted by Gasteiger charge is 2.20. The van der Waals surface area contributed by atoms with E-state index in [4.69, 9.17) is 9.47 Å². The van der Waals surface area contributed by atoms with Crippen LogP contribution >= 0.6 is 11.5 Å². The van der Waals surface area contributed by atoms with E-state index in [1.807, 2.05) is 30.3 Å². The first-order chi connectivity index (χ1) is 20.2. The third kappa shape index (κ3) is 6.11. The van der Waals surface area contributed by atoms with Gasteiger partial charge in [0.05, 0.1) is 16.3 Å². The molecule has 0 aliphatic heterocycles. The lowest BCUT2D eigenvalue weighted by Crippen LogP contribution is -2.16. The van der Waals surface area contributed by atoms with Gasteiger partial charge >= 0.3 is 12.1 Å². The van der Waals surface area contributed by atoms with Crippen LogP contribution in [0.25, 0.3) is 21.6 Å². The van der Waals surface area contributed by atoms with Crippen LogP contribution in [0.15, 0.2) is 85.2 Å². The van der Waals surface area contributed by atoms with E-state index in [0.29, 0.717) is 21.8 Å². The molecular weight excluding hydrogens is 564 g/mol. The van der Waals surface area contributed by atoms with Crippen molar-refractivity contribution in [3.8, 4) is 33.1 Å². The Balaban J connectivity index is 1.34. The highest BCUT2D eigenvalue weighted by Crippen LogP contribution is 2.37. The van der Waals surface area contributed by atoms with Crippen molar-refractivity contribution in [2.75, 3.05) is 5.32 Å². The highest BCUT2D eigenvalue weighted by atomic mass is 32.1. The first-order valence-electron chi connectivity index (χ1n) is 12.6. The molecule has 11 heteroatoms. The molecule has 5 aromatic rings. The molecule has 0 radical (unpaired) electrons. The number of amides is 1. The van der Waals surface area contributed by atoms with Gasteiger partial charge in [-0.2, -0.15) is 4.37 Å². The SMILES string of the molecule is Cc1nsc(-c2ccc(-c3cc(F)c(Oc4ccncc4C(=O)O)c(F)c3)cc2)c1NC(=O)OC(C)c1ccccc1. The molecule has 2 N–H and O–H groups in total. The molecule has 3 aromatic carbocycles. The number of carbonyl (C=O) groups is 2. The molecule has 5 rings (SSSR count). The number of carboxylic acids is 1. The van der Waals surface area contributed by atoms with Gasteiger partial charge in [0, 0.05) is 18.5 Å². The summed E-state index contributed by atoms with van der Waals surface area (Å²) in [5.41, 5.74) is 3.15. The fourth-order valence-corrected chi connectivity index (χ4v) is 5.03. The summed E-state index contributed by atoms with van der Waals surface area (Å²) >= 11 is 1.20. The standard InChI is InChI=1S/C31H23F2N3O5S/c1-17-27(35-31(39)40-18(2)19-6-4-3-5-7-19)29(42-36-17)21-10-8-20(9-11-21)22-14-24(32)28(25(33)15-22)41-26-12-13-34-16-23(26)30(37)38/h3-16,18H,1-2H3,(H,35,39)(H,37,38). The maximum atomic E-state index is 14.9. The number of aromatic nitrogens is 2. The van der Waals surface area contributed by atoms with Crippen LogP contribution < -0.4 is 10.1 Å². The van der Waals surface area contributed by atoms with Crippen molar-refractivity contribution in [1.29, 1.82) is 0 Å². The summed E-state index contributed by atoms with van der Waals surface area (Å²) in [4.78, 5) is 28.4.